The van der Waals surface area contributed by atoms with E-state index in [4.69, 9.17) is 0 Å². The lowest BCUT2D eigenvalue weighted by atomic mass is 9.79. The van der Waals surface area contributed by atoms with Crippen LogP contribution in [0.3, 0.4) is 0 Å². The summed E-state index contributed by atoms with van der Waals surface area (Å²) in [5.41, 5.74) is 2.54. The summed E-state index contributed by atoms with van der Waals surface area (Å²) in [4.78, 5) is 0. The minimum atomic E-state index is -0.287. The number of aliphatic hydroxyl groups is 1. The first kappa shape index (κ1) is 12.6. The molecule has 1 N–H and O–H groups in total. The maximum absolute atomic E-state index is 10.4. The highest BCUT2D eigenvalue weighted by Crippen LogP contribution is 2.37. The van der Waals surface area contributed by atoms with Crippen molar-refractivity contribution in [1.29, 1.82) is 0 Å². The standard InChI is InChI=1S/C16H24O/c1-3-12(4-2)16(17)15-10-6-9-14(11-15)13-7-5-8-13/h6,9-13,16-17H,3-5,7-8H2,1-2H3. The van der Waals surface area contributed by atoms with E-state index in [9.17, 15) is 5.11 Å². The van der Waals surface area contributed by atoms with Crippen molar-refractivity contribution in [3.8, 4) is 0 Å². The fourth-order valence-corrected chi connectivity index (χ4v) is 2.75. The van der Waals surface area contributed by atoms with Gasteiger partial charge in [-0.1, -0.05) is 57.4 Å². The molecule has 0 aliphatic heterocycles. The van der Waals surface area contributed by atoms with Crippen molar-refractivity contribution in [3.05, 3.63) is 35.4 Å². The highest BCUT2D eigenvalue weighted by Gasteiger charge is 2.22. The summed E-state index contributed by atoms with van der Waals surface area (Å²) in [6, 6.07) is 8.62. The molecular weight excluding hydrogens is 208 g/mol. The molecule has 1 heteroatoms. The highest BCUT2D eigenvalue weighted by molar-refractivity contribution is 5.29. The van der Waals surface area contributed by atoms with Gasteiger partial charge in [0.15, 0.2) is 0 Å². The van der Waals surface area contributed by atoms with Gasteiger partial charge in [-0.15, -0.1) is 0 Å². The maximum atomic E-state index is 10.4. The smallest absolute Gasteiger partial charge is 0.0818 e. The Balaban J connectivity index is 2.14. The molecule has 0 aromatic heterocycles. The molecule has 1 saturated carbocycles. The molecular formula is C16H24O. The molecule has 0 heterocycles. The van der Waals surface area contributed by atoms with Crippen LogP contribution in [0, 0.1) is 5.92 Å². The Morgan fingerprint density at radius 3 is 2.47 bits per heavy atom. The Morgan fingerprint density at radius 1 is 1.24 bits per heavy atom. The molecule has 0 amide bonds. The lowest BCUT2D eigenvalue weighted by molar-refractivity contribution is 0.103. The van der Waals surface area contributed by atoms with E-state index in [2.05, 4.69) is 38.1 Å². The van der Waals surface area contributed by atoms with Crippen LogP contribution in [0.25, 0.3) is 0 Å². The van der Waals surface area contributed by atoms with Crippen molar-refractivity contribution in [3.63, 3.8) is 0 Å². The quantitative estimate of drug-likeness (QED) is 0.796. The summed E-state index contributed by atoms with van der Waals surface area (Å²) < 4.78 is 0. The molecule has 2 rings (SSSR count). The van der Waals surface area contributed by atoms with E-state index in [1.807, 2.05) is 0 Å². The third kappa shape index (κ3) is 2.71. The minimum Gasteiger partial charge on any atom is -0.388 e. The van der Waals surface area contributed by atoms with Crippen LogP contribution in [0.15, 0.2) is 24.3 Å². The van der Waals surface area contributed by atoms with Gasteiger partial charge >= 0.3 is 0 Å². The van der Waals surface area contributed by atoms with E-state index in [0.717, 1.165) is 24.3 Å². The first-order valence-corrected chi connectivity index (χ1v) is 7.04. The first-order chi connectivity index (χ1) is 8.26. The zero-order valence-corrected chi connectivity index (χ0v) is 11.0. The van der Waals surface area contributed by atoms with E-state index in [1.54, 1.807) is 0 Å². The largest absolute Gasteiger partial charge is 0.388 e. The van der Waals surface area contributed by atoms with Gasteiger partial charge in [-0.3, -0.25) is 0 Å². The van der Waals surface area contributed by atoms with Gasteiger partial charge in [-0.05, 0) is 35.8 Å². The first-order valence-electron chi connectivity index (χ1n) is 7.04. The van der Waals surface area contributed by atoms with E-state index in [-0.39, 0.29) is 6.10 Å². The van der Waals surface area contributed by atoms with Crippen LogP contribution in [0.2, 0.25) is 0 Å². The van der Waals surface area contributed by atoms with Crippen LogP contribution in [-0.4, -0.2) is 5.11 Å². The lowest BCUT2D eigenvalue weighted by Crippen LogP contribution is -2.13. The summed E-state index contributed by atoms with van der Waals surface area (Å²) in [5, 5.41) is 10.4. The van der Waals surface area contributed by atoms with Gasteiger partial charge in [0.05, 0.1) is 6.10 Å². The fraction of sp³-hybridized carbons (Fsp3) is 0.625. The molecule has 1 aromatic carbocycles. The van der Waals surface area contributed by atoms with Gasteiger partial charge in [-0.2, -0.15) is 0 Å². The van der Waals surface area contributed by atoms with Crippen LogP contribution >= 0.6 is 0 Å². The lowest BCUT2D eigenvalue weighted by Gasteiger charge is -2.27. The normalized spacial score (nSPS) is 18.1. The van der Waals surface area contributed by atoms with Gasteiger partial charge in [0.2, 0.25) is 0 Å². The summed E-state index contributed by atoms with van der Waals surface area (Å²) in [5.74, 6) is 1.15. The zero-order valence-electron chi connectivity index (χ0n) is 11.0. The topological polar surface area (TPSA) is 20.2 Å². The van der Waals surface area contributed by atoms with Crippen LogP contribution < -0.4 is 0 Å². The molecule has 17 heavy (non-hydrogen) atoms. The molecule has 1 aliphatic rings. The number of hydrogen-bond donors (Lipinski definition) is 1. The number of aliphatic hydroxyl groups excluding tert-OH is 1. The van der Waals surface area contributed by atoms with Gasteiger partial charge in [-0.25, -0.2) is 0 Å². The summed E-state index contributed by atoms with van der Waals surface area (Å²) in [7, 11) is 0. The Bertz CT molecular complexity index is 350. The Labute approximate surface area is 105 Å². The predicted molar refractivity (Wildman–Crippen MR) is 72.1 cm³/mol. The van der Waals surface area contributed by atoms with Crippen LogP contribution in [0.5, 0.6) is 0 Å². The fourth-order valence-electron chi connectivity index (χ4n) is 2.75. The average molecular weight is 232 g/mol. The number of hydrogen-bond acceptors (Lipinski definition) is 1. The van der Waals surface area contributed by atoms with Gasteiger partial charge in [0.25, 0.3) is 0 Å². The van der Waals surface area contributed by atoms with Crippen molar-refractivity contribution >= 4 is 0 Å². The molecule has 1 unspecified atom stereocenters. The van der Waals surface area contributed by atoms with Crippen LogP contribution in [0.1, 0.15) is 69.1 Å². The van der Waals surface area contributed by atoms with Crippen molar-refractivity contribution in [2.24, 2.45) is 5.92 Å². The molecule has 0 spiro atoms. The van der Waals surface area contributed by atoms with Crippen molar-refractivity contribution in [2.45, 2.75) is 58.0 Å². The molecule has 0 bridgehead atoms. The Kier molecular flexibility index (Phi) is 4.22. The molecule has 1 atom stereocenters. The van der Waals surface area contributed by atoms with Gasteiger partial charge in [0, 0.05) is 0 Å². The summed E-state index contributed by atoms with van der Waals surface area (Å²) in [6.45, 7) is 4.32. The van der Waals surface area contributed by atoms with Gasteiger partial charge in [0.1, 0.15) is 0 Å². The third-order valence-electron chi connectivity index (χ3n) is 4.32. The number of rotatable bonds is 5. The summed E-state index contributed by atoms with van der Waals surface area (Å²) in [6.07, 6.45) is 5.82. The van der Waals surface area contributed by atoms with E-state index in [1.165, 1.54) is 24.8 Å². The Morgan fingerprint density at radius 2 is 1.94 bits per heavy atom. The molecule has 1 aliphatic carbocycles. The monoisotopic (exact) mass is 232 g/mol. The second-order valence-corrected chi connectivity index (χ2v) is 5.32. The zero-order chi connectivity index (χ0) is 12.3. The van der Waals surface area contributed by atoms with Gasteiger partial charge < -0.3 is 5.11 Å². The highest BCUT2D eigenvalue weighted by atomic mass is 16.3. The number of benzene rings is 1. The van der Waals surface area contributed by atoms with E-state index < -0.39 is 0 Å². The molecule has 94 valence electrons. The molecule has 0 radical (unpaired) electrons. The van der Waals surface area contributed by atoms with Crippen molar-refractivity contribution < 1.29 is 5.11 Å². The SMILES string of the molecule is CCC(CC)C(O)c1cccc(C2CCC2)c1. The predicted octanol–water partition coefficient (Wildman–Crippen LogP) is 4.42. The molecule has 0 saturated heterocycles. The minimum absolute atomic E-state index is 0.287. The third-order valence-corrected chi connectivity index (χ3v) is 4.32. The van der Waals surface area contributed by atoms with E-state index >= 15 is 0 Å². The Hall–Kier alpha value is -0.820. The second kappa shape index (κ2) is 5.68. The van der Waals surface area contributed by atoms with Crippen molar-refractivity contribution in [1.82, 2.24) is 0 Å². The van der Waals surface area contributed by atoms with E-state index in [0.29, 0.717) is 5.92 Å². The average Bonchev–Trinajstić information content (AvgIpc) is 2.28. The van der Waals surface area contributed by atoms with Crippen molar-refractivity contribution in [2.75, 3.05) is 0 Å². The second-order valence-electron chi connectivity index (χ2n) is 5.32. The maximum Gasteiger partial charge on any atom is 0.0818 e. The summed E-state index contributed by atoms with van der Waals surface area (Å²) >= 11 is 0. The molecule has 1 nitrogen and oxygen atoms in total. The van der Waals surface area contributed by atoms with Crippen LogP contribution in [0.4, 0.5) is 0 Å². The molecule has 1 fully saturated rings. The van der Waals surface area contributed by atoms with Crippen LogP contribution in [-0.2, 0) is 0 Å². The molecule has 1 aromatic rings.